The molecule has 1 aliphatic carbocycles. The van der Waals surface area contributed by atoms with Gasteiger partial charge in [0.25, 0.3) is 15.9 Å². The number of halogens is 1. The highest BCUT2D eigenvalue weighted by Gasteiger charge is 2.41. The lowest BCUT2D eigenvalue weighted by Crippen LogP contribution is -2.48. The lowest BCUT2D eigenvalue weighted by atomic mass is 9.76. The first-order valence-corrected chi connectivity index (χ1v) is 27.3. The van der Waals surface area contributed by atoms with Crippen molar-refractivity contribution < 1.29 is 40.4 Å². The van der Waals surface area contributed by atoms with Gasteiger partial charge in [-0.25, -0.2) is 26.6 Å². The largest absolute Gasteiger partial charge is 0.435 e. The number of Topliss-reactive ketones (excluding diaryl/α,β-unsaturated/α-hetero) is 1. The van der Waals surface area contributed by atoms with Crippen molar-refractivity contribution in [3.05, 3.63) is 106 Å². The third kappa shape index (κ3) is 12.6. The van der Waals surface area contributed by atoms with E-state index in [-0.39, 0.29) is 55.3 Å². The highest BCUT2D eigenvalue weighted by Crippen LogP contribution is 2.40. The van der Waals surface area contributed by atoms with Gasteiger partial charge in [-0.1, -0.05) is 98.9 Å². The number of carbonyl (C=O) groups is 3. The van der Waals surface area contributed by atoms with Gasteiger partial charge in [0.1, 0.15) is 17.2 Å². The van der Waals surface area contributed by atoms with Crippen molar-refractivity contribution in [3.63, 3.8) is 0 Å². The summed E-state index contributed by atoms with van der Waals surface area (Å²) in [6, 6.07) is 20.5. The normalized spacial score (nSPS) is 14.4. The number of nitrogens with zero attached hydrogens (tertiary/aromatic N) is 3. The Bertz CT molecular complexity index is 3160. The number of hydrogen-bond acceptors (Lipinski definition) is 11. The van der Waals surface area contributed by atoms with E-state index < -0.39 is 49.3 Å². The molecule has 0 radical (unpaired) electrons. The molecule has 1 atom stereocenters. The lowest BCUT2D eigenvalue weighted by molar-refractivity contribution is -0.142. The number of oxazole rings is 1. The zero-order valence-corrected chi connectivity index (χ0v) is 44.5. The van der Waals surface area contributed by atoms with Gasteiger partial charge in [-0.2, -0.15) is 5.26 Å². The number of fused-ring (bicyclic) bond motifs is 1. The number of rotatable bonds is 17. The van der Waals surface area contributed by atoms with Crippen molar-refractivity contribution in [3.8, 4) is 6.07 Å². The molecule has 5 aromatic rings. The van der Waals surface area contributed by atoms with Crippen LogP contribution < -0.4 is 19.7 Å². The zero-order chi connectivity index (χ0) is 52.4. The van der Waals surface area contributed by atoms with Gasteiger partial charge in [-0.05, 0) is 127 Å². The second kappa shape index (κ2) is 20.9. The number of hydrogen-bond donors (Lipinski definition) is 3. The molecular formula is C53H63ClN6O9S2. The molecule has 1 aliphatic rings. The Morgan fingerprint density at radius 1 is 0.887 bits per heavy atom. The molecule has 378 valence electrons. The number of carbonyl (C=O) groups excluding carboxylic acids is 3. The summed E-state index contributed by atoms with van der Waals surface area (Å²) in [4.78, 5) is 48.8. The maximum absolute atomic E-state index is 14.5. The maximum Gasteiger partial charge on any atom is 0.415 e. The molecular weight excluding hydrogens is 964 g/mol. The van der Waals surface area contributed by atoms with Crippen LogP contribution in [0.3, 0.4) is 0 Å². The number of anilines is 4. The number of allylic oxidation sites excluding steroid dienone is 1. The van der Waals surface area contributed by atoms with Gasteiger partial charge < -0.3 is 14.5 Å². The minimum atomic E-state index is -4.22. The molecule has 1 saturated carbocycles. The number of nitriles is 1. The molecule has 1 heterocycles. The number of sulfonamides is 2. The first kappa shape index (κ1) is 54.1. The van der Waals surface area contributed by atoms with E-state index in [1.54, 1.807) is 45.0 Å². The summed E-state index contributed by atoms with van der Waals surface area (Å²) < 4.78 is 66.9. The number of ether oxygens (including phenoxy) is 1. The van der Waals surface area contributed by atoms with Gasteiger partial charge in [0.05, 0.1) is 27.5 Å². The van der Waals surface area contributed by atoms with Crippen LogP contribution in [0.5, 0.6) is 0 Å². The molecule has 4 aromatic carbocycles. The van der Waals surface area contributed by atoms with Gasteiger partial charge in [-0.3, -0.25) is 23.9 Å². The van der Waals surface area contributed by atoms with Crippen LogP contribution in [0.15, 0.2) is 82.1 Å². The highest BCUT2D eigenvalue weighted by atomic mass is 35.5. The quantitative estimate of drug-likeness (QED) is 0.0588. The number of aromatic nitrogens is 1. The van der Waals surface area contributed by atoms with Crippen LogP contribution in [0, 0.1) is 23.7 Å². The highest BCUT2D eigenvalue weighted by molar-refractivity contribution is 7.92. The Kier molecular flexibility index (Phi) is 15.9. The summed E-state index contributed by atoms with van der Waals surface area (Å²) in [6.45, 7) is 19.6. The Morgan fingerprint density at radius 2 is 1.52 bits per heavy atom. The van der Waals surface area contributed by atoms with Crippen LogP contribution in [-0.4, -0.2) is 58.0 Å². The molecule has 1 aromatic heterocycles. The van der Waals surface area contributed by atoms with Gasteiger partial charge in [0.15, 0.2) is 11.4 Å². The molecule has 0 saturated heterocycles. The minimum absolute atomic E-state index is 0.00557. The Morgan fingerprint density at radius 3 is 2.10 bits per heavy atom. The molecule has 15 nitrogen and oxygen atoms in total. The topological polar surface area (TPSA) is 218 Å². The first-order valence-electron chi connectivity index (χ1n) is 23.5. The second-order valence-electron chi connectivity index (χ2n) is 20.5. The summed E-state index contributed by atoms with van der Waals surface area (Å²) in [6.07, 6.45) is 4.54. The van der Waals surface area contributed by atoms with Crippen molar-refractivity contribution >= 4 is 94.9 Å². The molecule has 18 heteroatoms. The van der Waals surface area contributed by atoms with E-state index in [4.69, 9.17) is 25.7 Å². The predicted molar refractivity (Wildman–Crippen MR) is 281 cm³/mol. The molecule has 0 spiro atoms. The molecule has 1 unspecified atom stereocenters. The van der Waals surface area contributed by atoms with Gasteiger partial charge >= 0.3 is 6.09 Å². The summed E-state index contributed by atoms with van der Waals surface area (Å²) in [5.74, 6) is -1.53. The van der Waals surface area contributed by atoms with E-state index in [9.17, 15) is 36.5 Å². The summed E-state index contributed by atoms with van der Waals surface area (Å²) in [5, 5.41) is 13.0. The molecule has 0 aliphatic heterocycles. The molecule has 0 bridgehead atoms. The average molecular weight is 1030 g/mol. The van der Waals surface area contributed by atoms with Crippen LogP contribution >= 0.6 is 11.6 Å². The van der Waals surface area contributed by atoms with Crippen LogP contribution in [0.4, 0.5) is 27.5 Å². The molecule has 2 amide bonds. The van der Waals surface area contributed by atoms with Crippen LogP contribution in [-0.2, 0) is 45.2 Å². The Balaban J connectivity index is 1.28. The smallest absolute Gasteiger partial charge is 0.415 e. The van der Waals surface area contributed by atoms with Crippen molar-refractivity contribution in [1.82, 2.24) is 4.98 Å². The minimum Gasteiger partial charge on any atom is -0.435 e. The Labute approximate surface area is 422 Å². The van der Waals surface area contributed by atoms with Crippen LogP contribution in [0.2, 0.25) is 5.02 Å². The average Bonchev–Trinajstić information content (AvgIpc) is 3.99. The standard InChI is InChI=1S/C53H63ClN6O9S2/c1-12-52(7,8)35-28-41(53(9,10)13-2)45-44(29-35)57-49(68-45)34(31-55)27-33-18-22-39(26-32(33)3)60(38-16-14-15-17-38)50(63)69-46(47(61)51(4,5)6)48(62)56-43-30-37(21-25-42(43)54)59-71(66,67)40-23-19-36(20-24-40)58-70(11,64)65/h18-30,38,46,58-59H,12-17H2,1-11H3,(H,56,62). The van der Waals surface area contributed by atoms with Gasteiger partial charge in [0.2, 0.25) is 22.0 Å². The lowest BCUT2D eigenvalue weighted by Gasteiger charge is -2.31. The van der Waals surface area contributed by atoms with Crippen LogP contribution in [0.25, 0.3) is 22.7 Å². The van der Waals surface area contributed by atoms with E-state index in [1.807, 2.05) is 13.0 Å². The molecule has 71 heavy (non-hydrogen) atoms. The van der Waals surface area contributed by atoms with Gasteiger partial charge in [-0.15, -0.1) is 0 Å². The van der Waals surface area contributed by atoms with Crippen molar-refractivity contribution in [2.75, 3.05) is 25.9 Å². The predicted octanol–water partition coefficient (Wildman–Crippen LogP) is 11.9. The summed E-state index contributed by atoms with van der Waals surface area (Å²) >= 11 is 6.49. The number of nitrogens with one attached hydrogen (secondary N) is 3. The van der Waals surface area contributed by atoms with Crippen molar-refractivity contribution in [1.29, 1.82) is 5.26 Å². The second-order valence-corrected chi connectivity index (χ2v) is 24.3. The fraction of sp³-hybridized carbons (Fsp3) is 0.415. The van der Waals surface area contributed by atoms with E-state index in [0.29, 0.717) is 40.8 Å². The van der Waals surface area contributed by atoms with Gasteiger partial charge in [0, 0.05) is 28.4 Å². The molecule has 3 N–H and O–H groups in total. The SMILES string of the molecule is CCC(C)(C)c1cc(C(C)(C)CC)c2oc(C(C#N)=Cc3ccc(N(C(=O)OC(C(=O)Nc4cc(NS(=O)(=O)c5ccc(NS(C)(=O)=O)cc5)ccc4Cl)C(=O)C(C)(C)C)C4CCCC4)cc3C)nc2c1. The third-order valence-corrected chi connectivity index (χ3v) is 15.5. The first-order chi connectivity index (χ1) is 33.1. The monoisotopic (exact) mass is 1030 g/mol. The fourth-order valence-electron chi connectivity index (χ4n) is 8.12. The molecule has 1 fully saturated rings. The maximum atomic E-state index is 14.5. The van der Waals surface area contributed by atoms with Crippen molar-refractivity contribution in [2.24, 2.45) is 5.41 Å². The molecule has 6 rings (SSSR count). The van der Waals surface area contributed by atoms with E-state index in [2.05, 4.69) is 68.4 Å². The number of ketones is 1. The summed E-state index contributed by atoms with van der Waals surface area (Å²) in [5.41, 5.74) is 4.15. The third-order valence-electron chi connectivity index (χ3n) is 13.2. The zero-order valence-electron chi connectivity index (χ0n) is 42.1. The van der Waals surface area contributed by atoms with E-state index >= 15 is 0 Å². The number of amides is 2. The number of aryl methyl sites for hydroxylation is 1. The van der Waals surface area contributed by atoms with E-state index in [0.717, 1.165) is 43.1 Å². The van der Waals surface area contributed by atoms with E-state index in [1.165, 1.54) is 47.4 Å². The fourth-order valence-corrected chi connectivity index (χ4v) is 9.90. The van der Waals surface area contributed by atoms with Crippen molar-refractivity contribution in [2.45, 2.75) is 136 Å². The number of benzene rings is 4. The summed E-state index contributed by atoms with van der Waals surface area (Å²) in [7, 11) is -7.82. The van der Waals surface area contributed by atoms with Crippen LogP contribution in [0.1, 0.15) is 129 Å². The Hall–Kier alpha value is -6.22.